The lowest BCUT2D eigenvalue weighted by atomic mass is 10.1. The summed E-state index contributed by atoms with van der Waals surface area (Å²) in [5.41, 5.74) is -0.158. The number of Topliss-reactive ketones (excluding diaryl/α,β-unsaturated/α-hetero) is 1. The van der Waals surface area contributed by atoms with Gasteiger partial charge < -0.3 is 0 Å². The van der Waals surface area contributed by atoms with Crippen molar-refractivity contribution in [3.05, 3.63) is 29.6 Å². The first-order valence-electron chi connectivity index (χ1n) is 3.57. The molecule has 6 heteroatoms. The molecule has 0 N–H and O–H groups in total. The topological polar surface area (TPSA) is 51.2 Å². The van der Waals surface area contributed by atoms with E-state index in [-0.39, 0.29) is 10.5 Å². The van der Waals surface area contributed by atoms with E-state index in [1.54, 1.807) is 0 Å². The van der Waals surface area contributed by atoms with Gasteiger partial charge in [-0.05, 0) is 25.1 Å². The molecule has 76 valence electrons. The summed E-state index contributed by atoms with van der Waals surface area (Å²) in [6.45, 7) is 1.19. The van der Waals surface area contributed by atoms with E-state index < -0.39 is 20.7 Å². The molecule has 3 nitrogen and oxygen atoms in total. The van der Waals surface area contributed by atoms with Crippen LogP contribution in [0.3, 0.4) is 0 Å². The number of hydrogen-bond acceptors (Lipinski definition) is 3. The van der Waals surface area contributed by atoms with Crippen LogP contribution < -0.4 is 0 Å². The lowest BCUT2D eigenvalue weighted by Gasteiger charge is -2.00. The molecule has 0 aliphatic heterocycles. The molecular formula is C8H6ClFO3S. The second-order valence-corrected chi connectivity index (χ2v) is 5.20. The molecule has 1 aromatic rings. The third-order valence-corrected chi connectivity index (χ3v) is 2.95. The Morgan fingerprint density at radius 2 is 2.00 bits per heavy atom. The molecule has 0 saturated carbocycles. The van der Waals surface area contributed by atoms with Crippen molar-refractivity contribution < 1.29 is 17.6 Å². The van der Waals surface area contributed by atoms with Gasteiger partial charge in [-0.3, -0.25) is 4.79 Å². The van der Waals surface area contributed by atoms with Gasteiger partial charge in [0.2, 0.25) is 0 Å². The Labute approximate surface area is 84.9 Å². The smallest absolute Gasteiger partial charge is 0.261 e. The molecule has 0 amide bonds. The summed E-state index contributed by atoms with van der Waals surface area (Å²) in [6.07, 6.45) is 0. The molecule has 0 aliphatic carbocycles. The van der Waals surface area contributed by atoms with Crippen LogP contribution in [0.2, 0.25) is 0 Å². The molecular weight excluding hydrogens is 231 g/mol. The fraction of sp³-hybridized carbons (Fsp3) is 0.125. The summed E-state index contributed by atoms with van der Waals surface area (Å²) in [7, 11) is 1.04. The number of carbonyl (C=O) groups excluding carboxylic acids is 1. The van der Waals surface area contributed by atoms with Crippen LogP contribution in [0.4, 0.5) is 4.39 Å². The molecule has 0 bridgehead atoms. The molecule has 0 unspecified atom stereocenters. The molecule has 0 saturated heterocycles. The molecule has 0 spiro atoms. The minimum Gasteiger partial charge on any atom is -0.294 e. The van der Waals surface area contributed by atoms with Crippen LogP contribution in [0.15, 0.2) is 23.1 Å². The Morgan fingerprint density at radius 3 is 2.36 bits per heavy atom. The molecule has 0 heterocycles. The van der Waals surface area contributed by atoms with Crippen molar-refractivity contribution in [2.45, 2.75) is 11.8 Å². The third-order valence-electron chi connectivity index (χ3n) is 1.60. The normalized spacial score (nSPS) is 11.4. The maximum atomic E-state index is 13.1. The van der Waals surface area contributed by atoms with E-state index in [9.17, 15) is 17.6 Å². The lowest BCUT2D eigenvalue weighted by molar-refractivity contribution is 0.101. The Hall–Kier alpha value is -0.940. The molecule has 0 aliphatic rings. The standard InChI is InChI=1S/C8H6ClFO3S/c1-5(11)7-3-2-6(4-8(7)10)14(9,12)13/h2-4H,1H3. The second kappa shape index (κ2) is 3.67. The van der Waals surface area contributed by atoms with E-state index >= 15 is 0 Å². The first kappa shape index (κ1) is 11.1. The fourth-order valence-corrected chi connectivity index (χ4v) is 1.70. The van der Waals surface area contributed by atoms with Crippen LogP contribution in [0.5, 0.6) is 0 Å². The van der Waals surface area contributed by atoms with E-state index in [1.807, 2.05) is 0 Å². The lowest BCUT2D eigenvalue weighted by Crippen LogP contribution is -1.99. The zero-order valence-corrected chi connectivity index (χ0v) is 8.69. The molecule has 0 aromatic heterocycles. The predicted octanol–water partition coefficient (Wildman–Crippen LogP) is 1.96. The zero-order valence-electron chi connectivity index (χ0n) is 7.12. The number of benzene rings is 1. The van der Waals surface area contributed by atoms with Gasteiger partial charge in [0.15, 0.2) is 5.78 Å². The van der Waals surface area contributed by atoms with Crippen LogP contribution in [-0.4, -0.2) is 14.2 Å². The maximum Gasteiger partial charge on any atom is 0.261 e. The van der Waals surface area contributed by atoms with E-state index in [0.717, 1.165) is 18.2 Å². The van der Waals surface area contributed by atoms with Gasteiger partial charge in [-0.15, -0.1) is 0 Å². The quantitative estimate of drug-likeness (QED) is 0.583. The van der Waals surface area contributed by atoms with E-state index in [4.69, 9.17) is 10.7 Å². The maximum absolute atomic E-state index is 13.1. The summed E-state index contributed by atoms with van der Waals surface area (Å²) >= 11 is 0. The van der Waals surface area contributed by atoms with E-state index in [2.05, 4.69) is 0 Å². The molecule has 1 aromatic carbocycles. The van der Waals surface area contributed by atoms with Gasteiger partial charge in [0.1, 0.15) is 5.82 Å². The minimum absolute atomic E-state index is 0.158. The zero-order chi connectivity index (χ0) is 10.9. The predicted molar refractivity (Wildman–Crippen MR) is 49.4 cm³/mol. The van der Waals surface area contributed by atoms with E-state index in [0.29, 0.717) is 0 Å². The highest BCUT2D eigenvalue weighted by molar-refractivity contribution is 8.13. The SMILES string of the molecule is CC(=O)c1ccc(S(=O)(=O)Cl)cc1F. The summed E-state index contributed by atoms with van der Waals surface area (Å²) in [5.74, 6) is -1.36. The van der Waals surface area contributed by atoms with Crippen LogP contribution in [0.1, 0.15) is 17.3 Å². The minimum atomic E-state index is -3.95. The molecule has 14 heavy (non-hydrogen) atoms. The summed E-state index contributed by atoms with van der Waals surface area (Å²) in [4.78, 5) is 10.4. The fourth-order valence-electron chi connectivity index (χ4n) is 0.933. The van der Waals surface area contributed by atoms with Crippen LogP contribution in [0.25, 0.3) is 0 Å². The monoisotopic (exact) mass is 236 g/mol. The van der Waals surface area contributed by atoms with Crippen molar-refractivity contribution in [2.24, 2.45) is 0 Å². The van der Waals surface area contributed by atoms with Gasteiger partial charge in [0.25, 0.3) is 9.05 Å². The number of halogens is 2. The van der Waals surface area contributed by atoms with Gasteiger partial charge >= 0.3 is 0 Å². The van der Waals surface area contributed by atoms with Crippen molar-refractivity contribution in [3.8, 4) is 0 Å². The van der Waals surface area contributed by atoms with Crippen LogP contribution >= 0.6 is 10.7 Å². The number of ketones is 1. The summed E-state index contributed by atoms with van der Waals surface area (Å²) in [5, 5.41) is 0. The summed E-state index contributed by atoms with van der Waals surface area (Å²) < 4.78 is 34.6. The highest BCUT2D eigenvalue weighted by Gasteiger charge is 2.14. The Morgan fingerprint density at radius 1 is 1.43 bits per heavy atom. The number of rotatable bonds is 2. The van der Waals surface area contributed by atoms with Crippen LogP contribution in [0, 0.1) is 5.82 Å². The van der Waals surface area contributed by atoms with Crippen molar-refractivity contribution >= 4 is 25.5 Å². The van der Waals surface area contributed by atoms with Crippen molar-refractivity contribution in [1.29, 1.82) is 0 Å². The highest BCUT2D eigenvalue weighted by Crippen LogP contribution is 2.18. The first-order chi connectivity index (χ1) is 6.32. The molecule has 0 radical (unpaired) electrons. The van der Waals surface area contributed by atoms with Crippen molar-refractivity contribution in [1.82, 2.24) is 0 Å². The van der Waals surface area contributed by atoms with Gasteiger partial charge in [0.05, 0.1) is 10.5 Å². The summed E-state index contributed by atoms with van der Waals surface area (Å²) in [6, 6.07) is 2.90. The van der Waals surface area contributed by atoms with Gasteiger partial charge in [-0.1, -0.05) is 0 Å². The van der Waals surface area contributed by atoms with Crippen molar-refractivity contribution in [3.63, 3.8) is 0 Å². The average molecular weight is 237 g/mol. The first-order valence-corrected chi connectivity index (χ1v) is 5.88. The highest BCUT2D eigenvalue weighted by atomic mass is 35.7. The Balaban J connectivity index is 3.34. The molecule has 1 rings (SSSR count). The molecule has 0 atom stereocenters. The number of carbonyl (C=O) groups is 1. The van der Waals surface area contributed by atoms with E-state index in [1.165, 1.54) is 6.92 Å². The second-order valence-electron chi connectivity index (χ2n) is 2.64. The van der Waals surface area contributed by atoms with Gasteiger partial charge in [-0.2, -0.15) is 0 Å². The van der Waals surface area contributed by atoms with Gasteiger partial charge in [-0.25, -0.2) is 12.8 Å². The van der Waals surface area contributed by atoms with Gasteiger partial charge in [0, 0.05) is 10.7 Å². The third kappa shape index (κ3) is 2.30. The molecule has 0 fully saturated rings. The Bertz CT molecular complexity index is 481. The number of hydrogen-bond donors (Lipinski definition) is 0. The average Bonchev–Trinajstić information content (AvgIpc) is 2.01. The Kier molecular flexibility index (Phi) is 2.92. The van der Waals surface area contributed by atoms with Crippen LogP contribution in [-0.2, 0) is 9.05 Å². The van der Waals surface area contributed by atoms with Crippen molar-refractivity contribution in [2.75, 3.05) is 0 Å². The largest absolute Gasteiger partial charge is 0.294 e.